The van der Waals surface area contributed by atoms with Crippen molar-refractivity contribution in [3.8, 4) is 5.75 Å². The maximum absolute atomic E-state index is 11.7. The van der Waals surface area contributed by atoms with Crippen molar-refractivity contribution in [3.63, 3.8) is 0 Å². The van der Waals surface area contributed by atoms with Crippen LogP contribution in [0.15, 0.2) is 56.7 Å². The predicted molar refractivity (Wildman–Crippen MR) is 87.7 cm³/mol. The Balaban J connectivity index is 1.70. The first-order valence-electron chi connectivity index (χ1n) is 7.16. The molecule has 0 bridgehead atoms. The number of rotatable bonds is 7. The second kappa shape index (κ2) is 6.39. The Bertz CT molecular complexity index is 861. The molecular weight excluding hydrogens is 296 g/mol. The summed E-state index contributed by atoms with van der Waals surface area (Å²) in [4.78, 5) is 23.4. The number of anilines is 2. The third kappa shape index (κ3) is 2.96. The van der Waals surface area contributed by atoms with Gasteiger partial charge in [-0.05, 0) is 18.2 Å². The lowest BCUT2D eigenvalue weighted by molar-refractivity contribution is 0.410. The largest absolute Gasteiger partial charge is 0.496 e. The second-order valence-electron chi connectivity index (χ2n) is 5.01. The monoisotopic (exact) mass is 312 g/mol. The highest BCUT2D eigenvalue weighted by molar-refractivity contribution is 5.74. The van der Waals surface area contributed by atoms with Gasteiger partial charge in [-0.25, -0.2) is 0 Å². The highest BCUT2D eigenvalue weighted by Crippen LogP contribution is 2.21. The highest BCUT2D eigenvalue weighted by Gasteiger charge is 2.20. The number of benzene rings is 1. The average Bonchev–Trinajstić information content (AvgIpc) is 3.10. The van der Waals surface area contributed by atoms with E-state index in [1.54, 1.807) is 25.5 Å². The van der Waals surface area contributed by atoms with E-state index in [9.17, 15) is 9.59 Å². The summed E-state index contributed by atoms with van der Waals surface area (Å²) in [6, 6.07) is 11.1. The van der Waals surface area contributed by atoms with Crippen molar-refractivity contribution in [2.75, 3.05) is 17.7 Å². The van der Waals surface area contributed by atoms with Crippen LogP contribution < -0.4 is 26.2 Å². The van der Waals surface area contributed by atoms with E-state index >= 15 is 0 Å². The van der Waals surface area contributed by atoms with E-state index in [1.165, 1.54) is 0 Å². The predicted octanol–water partition coefficient (Wildman–Crippen LogP) is 2.11. The number of hydrogen-bond donors (Lipinski definition) is 2. The Morgan fingerprint density at radius 2 is 1.65 bits per heavy atom. The number of nitrogens with one attached hydrogen (secondary N) is 2. The normalized spacial score (nSPS) is 10.7. The van der Waals surface area contributed by atoms with Crippen LogP contribution >= 0.6 is 0 Å². The first kappa shape index (κ1) is 14.9. The van der Waals surface area contributed by atoms with Gasteiger partial charge in [0.25, 0.3) is 10.9 Å². The minimum absolute atomic E-state index is 0.293. The van der Waals surface area contributed by atoms with Crippen molar-refractivity contribution in [2.24, 2.45) is 0 Å². The lowest BCUT2D eigenvalue weighted by Gasteiger charge is -2.15. The summed E-state index contributed by atoms with van der Waals surface area (Å²) in [5.41, 5.74) is 0.467. The summed E-state index contributed by atoms with van der Waals surface area (Å²) in [6.45, 7) is 0.742. The zero-order valence-corrected chi connectivity index (χ0v) is 12.6. The molecular formula is C17H16N2O4. The zero-order valence-electron chi connectivity index (χ0n) is 12.6. The van der Waals surface area contributed by atoms with Gasteiger partial charge in [-0.3, -0.25) is 9.59 Å². The molecule has 0 radical (unpaired) electrons. The first-order chi connectivity index (χ1) is 11.2. The highest BCUT2D eigenvalue weighted by atomic mass is 16.5. The molecule has 6 nitrogen and oxygen atoms in total. The lowest BCUT2D eigenvalue weighted by atomic mass is 10.1. The summed E-state index contributed by atoms with van der Waals surface area (Å²) >= 11 is 0. The second-order valence-corrected chi connectivity index (χ2v) is 5.01. The van der Waals surface area contributed by atoms with Crippen LogP contribution in [0.1, 0.15) is 11.3 Å². The molecule has 0 aliphatic rings. The van der Waals surface area contributed by atoms with Crippen LogP contribution in [0.3, 0.4) is 0 Å². The molecule has 0 spiro atoms. The smallest absolute Gasteiger partial charge is 0.253 e. The molecule has 1 heterocycles. The van der Waals surface area contributed by atoms with Gasteiger partial charge in [0, 0.05) is 12.1 Å². The molecule has 118 valence electrons. The number of methoxy groups -OCH3 is 1. The van der Waals surface area contributed by atoms with Gasteiger partial charge in [-0.2, -0.15) is 0 Å². The van der Waals surface area contributed by atoms with E-state index in [4.69, 9.17) is 9.15 Å². The molecule has 23 heavy (non-hydrogen) atoms. The van der Waals surface area contributed by atoms with Crippen LogP contribution in [0.25, 0.3) is 0 Å². The third-order valence-electron chi connectivity index (χ3n) is 3.58. The lowest BCUT2D eigenvalue weighted by Crippen LogP contribution is -2.37. The molecule has 0 amide bonds. The summed E-state index contributed by atoms with van der Waals surface area (Å²) in [7, 11) is 1.59. The molecule has 6 heteroatoms. The SMILES string of the molecule is COc1ccccc1CNc1c(NCc2ccco2)c(=O)c1=O. The van der Waals surface area contributed by atoms with Gasteiger partial charge in [0.15, 0.2) is 0 Å². The average molecular weight is 312 g/mol. The molecule has 1 aromatic heterocycles. The van der Waals surface area contributed by atoms with Gasteiger partial charge in [0.05, 0.1) is 19.9 Å². The van der Waals surface area contributed by atoms with Gasteiger partial charge in [-0.1, -0.05) is 18.2 Å². The standard InChI is InChI=1S/C17H16N2O4/c1-22-13-7-3-2-5-11(13)9-18-14-15(17(21)16(14)20)19-10-12-6-4-8-23-12/h2-8,18-19H,9-10H2,1H3. The van der Waals surface area contributed by atoms with E-state index in [0.29, 0.717) is 30.2 Å². The molecule has 0 aliphatic heterocycles. The van der Waals surface area contributed by atoms with E-state index < -0.39 is 10.9 Å². The van der Waals surface area contributed by atoms with Crippen molar-refractivity contribution >= 4 is 11.4 Å². The number of para-hydroxylation sites is 1. The molecule has 0 saturated heterocycles. The van der Waals surface area contributed by atoms with Crippen LogP contribution in [0.5, 0.6) is 5.75 Å². The van der Waals surface area contributed by atoms with Crippen LogP contribution in [0.4, 0.5) is 11.4 Å². The van der Waals surface area contributed by atoms with E-state index in [0.717, 1.165) is 11.3 Å². The van der Waals surface area contributed by atoms with Gasteiger partial charge in [-0.15, -0.1) is 0 Å². The summed E-state index contributed by atoms with van der Waals surface area (Å²) in [5, 5.41) is 5.95. The van der Waals surface area contributed by atoms with E-state index in [2.05, 4.69) is 10.6 Å². The Kier molecular flexibility index (Phi) is 4.14. The number of hydrogen-bond acceptors (Lipinski definition) is 6. The topological polar surface area (TPSA) is 80.6 Å². The zero-order chi connectivity index (χ0) is 16.2. The van der Waals surface area contributed by atoms with Crippen molar-refractivity contribution in [1.82, 2.24) is 0 Å². The minimum atomic E-state index is -0.515. The fourth-order valence-electron chi connectivity index (χ4n) is 2.35. The number of ether oxygens (including phenoxy) is 1. The molecule has 0 aliphatic carbocycles. The Morgan fingerprint density at radius 1 is 0.957 bits per heavy atom. The van der Waals surface area contributed by atoms with E-state index in [-0.39, 0.29) is 0 Å². The molecule has 0 atom stereocenters. The minimum Gasteiger partial charge on any atom is -0.496 e. The molecule has 3 rings (SSSR count). The van der Waals surface area contributed by atoms with Crippen molar-refractivity contribution < 1.29 is 9.15 Å². The summed E-state index contributed by atoms with van der Waals surface area (Å²) < 4.78 is 10.5. The van der Waals surface area contributed by atoms with Crippen LogP contribution in [-0.4, -0.2) is 7.11 Å². The Hall–Kier alpha value is -3.02. The fourth-order valence-corrected chi connectivity index (χ4v) is 2.35. The van der Waals surface area contributed by atoms with Gasteiger partial charge in [0.1, 0.15) is 22.9 Å². The Morgan fingerprint density at radius 3 is 2.30 bits per heavy atom. The van der Waals surface area contributed by atoms with Crippen molar-refractivity contribution in [2.45, 2.75) is 13.1 Å². The summed E-state index contributed by atoms with van der Waals surface area (Å²) in [6.07, 6.45) is 1.56. The quantitative estimate of drug-likeness (QED) is 0.650. The molecule has 0 fully saturated rings. The van der Waals surface area contributed by atoms with Gasteiger partial charge >= 0.3 is 0 Å². The third-order valence-corrected chi connectivity index (χ3v) is 3.58. The maximum Gasteiger partial charge on any atom is 0.253 e. The van der Waals surface area contributed by atoms with Crippen molar-refractivity contribution in [1.29, 1.82) is 0 Å². The summed E-state index contributed by atoms with van der Waals surface area (Å²) in [5.74, 6) is 1.41. The van der Waals surface area contributed by atoms with Gasteiger partial charge < -0.3 is 19.8 Å². The van der Waals surface area contributed by atoms with Gasteiger partial charge in [0.2, 0.25) is 0 Å². The molecule has 2 aromatic carbocycles. The molecule has 2 N–H and O–H groups in total. The fraction of sp³-hybridized carbons (Fsp3) is 0.176. The van der Waals surface area contributed by atoms with Crippen molar-refractivity contribution in [3.05, 3.63) is 74.4 Å². The van der Waals surface area contributed by atoms with Crippen LogP contribution in [-0.2, 0) is 13.1 Å². The van der Waals surface area contributed by atoms with Crippen LogP contribution in [0.2, 0.25) is 0 Å². The van der Waals surface area contributed by atoms with Crippen LogP contribution in [0, 0.1) is 0 Å². The van der Waals surface area contributed by atoms with E-state index in [1.807, 2.05) is 24.3 Å². The Labute approximate surface area is 132 Å². The molecule has 0 unspecified atom stereocenters. The maximum atomic E-state index is 11.7. The first-order valence-corrected chi connectivity index (χ1v) is 7.16. The molecule has 3 aromatic rings. The molecule has 0 saturated carbocycles. The number of furan rings is 1.